The van der Waals surface area contributed by atoms with Crippen molar-refractivity contribution in [1.82, 2.24) is 0 Å². The van der Waals surface area contributed by atoms with Gasteiger partial charge in [0.2, 0.25) is 5.78 Å². The Balaban J connectivity index is 0.00000353. The highest BCUT2D eigenvalue weighted by Crippen LogP contribution is 2.52. The van der Waals surface area contributed by atoms with E-state index in [0.29, 0.717) is 0 Å². The number of hydrogen-bond donors (Lipinski definition) is 6. The van der Waals surface area contributed by atoms with Crippen molar-refractivity contribution >= 4 is 30.2 Å². The van der Waals surface area contributed by atoms with Crippen LogP contribution in [0.15, 0.2) is 23.4 Å². The normalized spacial score (nSPS) is 29.8. The first-order valence-electron chi connectivity index (χ1n) is 12.0. The van der Waals surface area contributed by atoms with E-state index < -0.39 is 70.4 Å². The number of ether oxygens (including phenoxy) is 3. The van der Waals surface area contributed by atoms with Crippen LogP contribution in [-0.2, 0) is 15.9 Å². The molecule has 5 rings (SSSR count). The molecule has 0 saturated carbocycles. The molecule has 12 nitrogen and oxygen atoms in total. The van der Waals surface area contributed by atoms with E-state index in [1.54, 1.807) is 6.92 Å². The smallest absolute Gasteiger partial charge is 0.202 e. The molecule has 0 spiro atoms. The van der Waals surface area contributed by atoms with Crippen LogP contribution in [0.5, 0.6) is 17.2 Å². The number of aliphatic hydroxyl groups excluding tert-OH is 1. The molecule has 1 aliphatic heterocycles. The van der Waals surface area contributed by atoms with Gasteiger partial charge in [0.25, 0.3) is 0 Å². The predicted molar refractivity (Wildman–Crippen MR) is 137 cm³/mol. The second-order valence-corrected chi connectivity index (χ2v) is 9.90. The summed E-state index contributed by atoms with van der Waals surface area (Å²) in [7, 11) is 1.34. The zero-order chi connectivity index (χ0) is 27.5. The van der Waals surface area contributed by atoms with Crippen molar-refractivity contribution in [3.05, 3.63) is 51.6 Å². The summed E-state index contributed by atoms with van der Waals surface area (Å²) in [6.07, 6.45) is -3.48. The lowest BCUT2D eigenvalue weighted by Gasteiger charge is -2.41. The Morgan fingerprint density at radius 3 is 2.49 bits per heavy atom. The molecule has 0 radical (unpaired) electrons. The Hall–Kier alpha value is -3.26. The zero-order valence-corrected chi connectivity index (χ0v) is 21.8. The van der Waals surface area contributed by atoms with Crippen molar-refractivity contribution in [1.29, 1.82) is 0 Å². The lowest BCUT2D eigenvalue weighted by molar-refractivity contribution is -0.245. The molecule has 0 aromatic heterocycles. The monoisotopic (exact) mass is 564 g/mol. The van der Waals surface area contributed by atoms with Crippen LogP contribution < -0.4 is 10.5 Å². The van der Waals surface area contributed by atoms with Crippen LogP contribution in [-0.4, -0.2) is 80.7 Å². The average molecular weight is 565 g/mol. The molecule has 1 saturated heterocycles. The summed E-state index contributed by atoms with van der Waals surface area (Å²) < 4.78 is 17.1. The maximum absolute atomic E-state index is 13.6. The number of oxime groups is 1. The second-order valence-electron chi connectivity index (χ2n) is 9.90. The number of hydrogen-bond acceptors (Lipinski definition) is 12. The number of aromatic hydroxyl groups is 2. The number of methoxy groups -OCH3 is 1. The number of nitrogens with zero attached hydrogens (tertiary/aromatic N) is 1. The number of benzene rings is 2. The first-order chi connectivity index (χ1) is 18.0. The number of nitrogens with two attached hydrogens (primary N) is 1. The molecule has 4 unspecified atom stereocenters. The molecule has 2 aliphatic carbocycles. The van der Waals surface area contributed by atoms with Crippen LogP contribution in [0.25, 0.3) is 0 Å². The van der Waals surface area contributed by atoms with Crippen molar-refractivity contribution in [3.63, 3.8) is 0 Å². The van der Waals surface area contributed by atoms with E-state index in [-0.39, 0.29) is 59.7 Å². The molecule has 1 heterocycles. The van der Waals surface area contributed by atoms with E-state index in [1.807, 2.05) is 0 Å². The number of carbonyl (C=O) groups is 2. The number of phenolic OH excluding ortho intramolecular Hbond substituents is 2. The number of halogens is 1. The summed E-state index contributed by atoms with van der Waals surface area (Å²) in [5.74, 6) is -2.52. The van der Waals surface area contributed by atoms with Crippen molar-refractivity contribution in [2.45, 2.75) is 62.4 Å². The number of ketones is 2. The Labute approximate surface area is 229 Å². The Bertz CT molecular complexity index is 1350. The fourth-order valence-corrected chi connectivity index (χ4v) is 5.62. The second kappa shape index (κ2) is 10.4. The van der Waals surface area contributed by atoms with E-state index in [4.69, 9.17) is 25.2 Å². The first-order valence-corrected chi connectivity index (χ1v) is 12.0. The van der Waals surface area contributed by atoms with Gasteiger partial charge in [-0.2, -0.15) is 0 Å². The molecule has 7 N–H and O–H groups in total. The lowest BCUT2D eigenvalue weighted by atomic mass is 9.73. The summed E-state index contributed by atoms with van der Waals surface area (Å²) in [6.45, 7) is 1.61. The maximum atomic E-state index is 13.6. The maximum Gasteiger partial charge on any atom is 0.202 e. The highest BCUT2D eigenvalue weighted by Gasteiger charge is 2.47. The molecule has 2 aromatic rings. The van der Waals surface area contributed by atoms with Gasteiger partial charge in [0.1, 0.15) is 22.8 Å². The highest BCUT2D eigenvalue weighted by atomic mass is 35.5. The van der Waals surface area contributed by atoms with Gasteiger partial charge in [0, 0.05) is 42.0 Å². The Kier molecular flexibility index (Phi) is 7.65. The van der Waals surface area contributed by atoms with Gasteiger partial charge in [-0.25, -0.2) is 0 Å². The fraction of sp³-hybridized carbons (Fsp3) is 0.423. The molecule has 0 amide bonds. The molecule has 6 atom stereocenters. The summed E-state index contributed by atoms with van der Waals surface area (Å²) in [5.41, 5.74) is 3.20. The van der Waals surface area contributed by atoms with Crippen molar-refractivity contribution < 1.29 is 49.4 Å². The quantitative estimate of drug-likeness (QED) is 0.115. The van der Waals surface area contributed by atoms with Gasteiger partial charge in [0.05, 0.1) is 48.3 Å². The summed E-state index contributed by atoms with van der Waals surface area (Å²) in [6, 6.07) is 3.76. The largest absolute Gasteiger partial charge is 0.507 e. The first kappa shape index (κ1) is 28.7. The predicted octanol–water partition coefficient (Wildman–Crippen LogP) is 1.32. The van der Waals surface area contributed by atoms with Crippen LogP contribution in [0.4, 0.5) is 0 Å². The van der Waals surface area contributed by atoms with E-state index in [9.17, 15) is 30.0 Å². The van der Waals surface area contributed by atoms with Gasteiger partial charge in [-0.05, 0) is 13.0 Å². The van der Waals surface area contributed by atoms with Crippen LogP contribution >= 0.6 is 12.4 Å². The lowest BCUT2D eigenvalue weighted by Crippen LogP contribution is -2.52. The minimum absolute atomic E-state index is 0. The summed E-state index contributed by atoms with van der Waals surface area (Å²) in [4.78, 5) is 27.1. The third kappa shape index (κ3) is 4.52. The van der Waals surface area contributed by atoms with Gasteiger partial charge < -0.3 is 45.6 Å². The number of fused-ring (bicyclic) bond motifs is 3. The average Bonchev–Trinajstić information content (AvgIpc) is 2.87. The minimum Gasteiger partial charge on any atom is -0.507 e. The summed E-state index contributed by atoms with van der Waals surface area (Å²) >= 11 is 0. The van der Waals surface area contributed by atoms with Gasteiger partial charge in [-0.3, -0.25) is 9.59 Å². The molecule has 210 valence electrons. The highest BCUT2D eigenvalue weighted by molar-refractivity contribution is 6.31. The van der Waals surface area contributed by atoms with Crippen LogP contribution in [0.2, 0.25) is 0 Å². The minimum atomic E-state index is -1.85. The third-order valence-corrected chi connectivity index (χ3v) is 7.47. The topological polar surface area (TPSA) is 201 Å². The third-order valence-electron chi connectivity index (χ3n) is 7.47. The van der Waals surface area contributed by atoms with Gasteiger partial charge >= 0.3 is 0 Å². The number of rotatable bonds is 4. The fourth-order valence-electron chi connectivity index (χ4n) is 5.62. The van der Waals surface area contributed by atoms with Crippen molar-refractivity contribution in [3.8, 4) is 17.2 Å². The molecule has 0 bridgehead atoms. The van der Waals surface area contributed by atoms with Gasteiger partial charge in [-0.15, -0.1) is 12.4 Å². The molecular formula is C26H29ClN2O10. The standard InChI is InChI=1S/C26H28N2O10.ClH/c1-10-21(29)13(27)6-16(37-10)38-15-8-26(34,9-28-35)7-12-18(15)25(33)20-19(23(12)31)22(30)11-4-3-5-14(36-2)17(11)24(20)32;/h3-5,9-10,13,15-16,21,29,31,33-35H,6-8,27H2,1-2H3;1H/b28-9-;/t10?,13?,15-,16?,21?,26-;/m0./s1. The van der Waals surface area contributed by atoms with E-state index in [2.05, 4.69) is 5.16 Å². The molecule has 39 heavy (non-hydrogen) atoms. The van der Waals surface area contributed by atoms with E-state index >= 15 is 0 Å². The van der Waals surface area contributed by atoms with Crippen molar-refractivity contribution in [2.75, 3.05) is 7.11 Å². The number of carbonyl (C=O) groups excluding carboxylic acids is 2. The van der Waals surface area contributed by atoms with Crippen LogP contribution in [0.1, 0.15) is 68.8 Å². The van der Waals surface area contributed by atoms with E-state index in [0.717, 1.165) is 6.21 Å². The van der Waals surface area contributed by atoms with Crippen LogP contribution in [0.3, 0.4) is 0 Å². The van der Waals surface area contributed by atoms with Crippen LogP contribution in [0, 0.1) is 0 Å². The van der Waals surface area contributed by atoms with E-state index in [1.165, 1.54) is 25.3 Å². The van der Waals surface area contributed by atoms with Gasteiger partial charge in [0.15, 0.2) is 12.1 Å². The molecule has 3 aliphatic rings. The number of aliphatic hydroxyl groups is 2. The summed E-state index contributed by atoms with van der Waals surface area (Å²) in [5, 5.41) is 56.2. The molecule has 13 heteroatoms. The Morgan fingerprint density at radius 1 is 1.15 bits per heavy atom. The molecule has 2 aromatic carbocycles. The van der Waals surface area contributed by atoms with Gasteiger partial charge in [-0.1, -0.05) is 17.3 Å². The molecular weight excluding hydrogens is 536 g/mol. The number of phenols is 2. The molecule has 1 fully saturated rings. The zero-order valence-electron chi connectivity index (χ0n) is 21.0. The SMILES string of the molecule is COc1cccc2c1C(=O)c1c(O)c3c(c(O)c1C2=O)C[C@@](O)(/C=N\O)C[C@@H]3OC1CC(N)C(O)C(C)O1.Cl. The van der Waals surface area contributed by atoms with Crippen molar-refractivity contribution in [2.24, 2.45) is 10.9 Å². The Morgan fingerprint density at radius 2 is 1.85 bits per heavy atom.